The average molecular weight is 245 g/mol. The van der Waals surface area contributed by atoms with E-state index in [0.717, 1.165) is 0 Å². The summed E-state index contributed by atoms with van der Waals surface area (Å²) >= 11 is 5.54. The maximum Gasteiger partial charge on any atom is 0.337 e. The van der Waals surface area contributed by atoms with E-state index in [1.165, 1.54) is 18.2 Å². The average Bonchev–Trinajstić information content (AvgIpc) is 2.25. The number of rotatable bonds is 5. The number of phenols is 1. The van der Waals surface area contributed by atoms with E-state index in [9.17, 15) is 15.0 Å². The van der Waals surface area contributed by atoms with E-state index < -0.39 is 12.1 Å². The monoisotopic (exact) mass is 244 g/mol. The number of benzene rings is 1. The number of phenolic OH excluding ortho intramolecular Hbond substituents is 1. The van der Waals surface area contributed by atoms with Crippen molar-refractivity contribution in [3.63, 3.8) is 0 Å². The molecule has 1 atom stereocenters. The Morgan fingerprint density at radius 1 is 1.44 bits per heavy atom. The molecule has 4 nitrogen and oxygen atoms in total. The zero-order valence-corrected chi connectivity index (χ0v) is 9.31. The highest BCUT2D eigenvalue weighted by Gasteiger charge is 2.19. The predicted octanol–water partition coefficient (Wildman–Crippen LogP) is 1.68. The molecule has 5 heteroatoms. The lowest BCUT2D eigenvalue weighted by Gasteiger charge is -2.12. The highest BCUT2D eigenvalue weighted by atomic mass is 35.5. The van der Waals surface area contributed by atoms with Crippen molar-refractivity contribution in [1.82, 2.24) is 0 Å². The summed E-state index contributed by atoms with van der Waals surface area (Å²) in [4.78, 5) is 10.7. The number of carbonyl (C=O) groups is 1. The molecule has 0 aliphatic carbocycles. The van der Waals surface area contributed by atoms with E-state index in [-0.39, 0.29) is 5.75 Å². The summed E-state index contributed by atoms with van der Waals surface area (Å²) in [6, 6.07) is 4.22. The summed E-state index contributed by atoms with van der Waals surface area (Å²) in [6.45, 7) is 0. The minimum Gasteiger partial charge on any atom is -0.508 e. The first kappa shape index (κ1) is 12.8. The van der Waals surface area contributed by atoms with Gasteiger partial charge in [0, 0.05) is 5.88 Å². The molecular formula is C11H13ClO4. The number of carboxylic acid groups (broad SMARTS) is 1. The maximum absolute atomic E-state index is 10.7. The smallest absolute Gasteiger partial charge is 0.337 e. The van der Waals surface area contributed by atoms with Crippen molar-refractivity contribution in [3.05, 3.63) is 29.3 Å². The molecule has 0 spiro atoms. The fourth-order valence-corrected chi connectivity index (χ4v) is 1.60. The van der Waals surface area contributed by atoms with Gasteiger partial charge in [-0.05, 0) is 36.1 Å². The minimum absolute atomic E-state index is 0.0471. The second-order valence-corrected chi connectivity index (χ2v) is 3.79. The fraction of sp³-hybridized carbons (Fsp3) is 0.364. The lowest BCUT2D eigenvalue weighted by molar-refractivity contribution is -0.147. The molecule has 0 bridgehead atoms. The van der Waals surface area contributed by atoms with E-state index in [4.69, 9.17) is 16.7 Å². The predicted molar refractivity (Wildman–Crippen MR) is 59.7 cm³/mol. The van der Waals surface area contributed by atoms with Crippen LogP contribution in [-0.2, 0) is 11.2 Å². The van der Waals surface area contributed by atoms with Gasteiger partial charge in [-0.3, -0.25) is 0 Å². The molecule has 0 fully saturated rings. The van der Waals surface area contributed by atoms with Gasteiger partial charge in [0.2, 0.25) is 0 Å². The first-order chi connectivity index (χ1) is 7.56. The van der Waals surface area contributed by atoms with Gasteiger partial charge in [-0.1, -0.05) is 6.07 Å². The third kappa shape index (κ3) is 3.12. The quantitative estimate of drug-likeness (QED) is 0.689. The van der Waals surface area contributed by atoms with E-state index in [1.54, 1.807) is 0 Å². The van der Waals surface area contributed by atoms with Crippen LogP contribution in [-0.4, -0.2) is 27.2 Å². The Bertz CT molecular complexity index is 378. The van der Waals surface area contributed by atoms with Gasteiger partial charge < -0.3 is 15.3 Å². The Hall–Kier alpha value is -1.26. The van der Waals surface area contributed by atoms with Crippen LogP contribution in [0.1, 0.15) is 23.7 Å². The van der Waals surface area contributed by atoms with Crippen molar-refractivity contribution in [2.75, 3.05) is 5.88 Å². The maximum atomic E-state index is 10.7. The molecule has 1 aromatic rings. The number of hydrogen-bond acceptors (Lipinski definition) is 3. The molecule has 0 saturated heterocycles. The minimum atomic E-state index is -1.56. The van der Waals surface area contributed by atoms with Gasteiger partial charge >= 0.3 is 5.97 Å². The number of halogens is 1. The van der Waals surface area contributed by atoms with Gasteiger partial charge in [0.1, 0.15) is 5.75 Å². The SMILES string of the molecule is O=C(O)C(O)c1ccc(O)cc1CCCCl. The Morgan fingerprint density at radius 2 is 2.12 bits per heavy atom. The van der Waals surface area contributed by atoms with Crippen LogP contribution in [0.25, 0.3) is 0 Å². The number of aryl methyl sites for hydroxylation is 1. The van der Waals surface area contributed by atoms with Crippen molar-refractivity contribution >= 4 is 17.6 Å². The first-order valence-electron chi connectivity index (χ1n) is 4.85. The van der Waals surface area contributed by atoms with Gasteiger partial charge in [-0.25, -0.2) is 4.79 Å². The second-order valence-electron chi connectivity index (χ2n) is 3.42. The molecule has 0 heterocycles. The van der Waals surface area contributed by atoms with Crippen LogP contribution in [0.4, 0.5) is 0 Å². The highest BCUT2D eigenvalue weighted by molar-refractivity contribution is 6.17. The van der Waals surface area contributed by atoms with Crippen molar-refractivity contribution in [1.29, 1.82) is 0 Å². The summed E-state index contributed by atoms with van der Waals surface area (Å²) in [7, 11) is 0. The number of aliphatic hydroxyl groups excluding tert-OH is 1. The molecule has 0 aromatic heterocycles. The van der Waals surface area contributed by atoms with Crippen molar-refractivity contribution in [2.45, 2.75) is 18.9 Å². The van der Waals surface area contributed by atoms with E-state index in [2.05, 4.69) is 0 Å². The van der Waals surface area contributed by atoms with Crippen LogP contribution >= 0.6 is 11.6 Å². The summed E-state index contributed by atoms with van der Waals surface area (Å²) in [6.07, 6.45) is -0.381. The number of aromatic hydroxyl groups is 1. The summed E-state index contributed by atoms with van der Waals surface area (Å²) < 4.78 is 0. The lowest BCUT2D eigenvalue weighted by Crippen LogP contribution is -2.12. The number of aliphatic carboxylic acids is 1. The van der Waals surface area contributed by atoms with Crippen LogP contribution in [0.2, 0.25) is 0 Å². The summed E-state index contributed by atoms with van der Waals surface area (Å²) in [5.41, 5.74) is 0.908. The molecular weight excluding hydrogens is 232 g/mol. The van der Waals surface area contributed by atoms with Gasteiger partial charge in [0.25, 0.3) is 0 Å². The number of aliphatic hydroxyl groups is 1. The molecule has 88 valence electrons. The summed E-state index contributed by atoms with van der Waals surface area (Å²) in [5.74, 6) is -0.818. The van der Waals surface area contributed by atoms with Crippen LogP contribution < -0.4 is 0 Å². The Morgan fingerprint density at radius 3 is 2.69 bits per heavy atom. The van der Waals surface area contributed by atoms with Crippen molar-refractivity contribution in [2.24, 2.45) is 0 Å². The zero-order chi connectivity index (χ0) is 12.1. The number of hydrogen-bond donors (Lipinski definition) is 3. The number of carboxylic acids is 1. The molecule has 3 N–H and O–H groups in total. The molecule has 0 saturated carbocycles. The molecule has 0 aliphatic rings. The van der Waals surface area contributed by atoms with Gasteiger partial charge in [-0.2, -0.15) is 0 Å². The molecule has 0 amide bonds. The molecule has 1 rings (SSSR count). The topological polar surface area (TPSA) is 77.8 Å². The molecule has 16 heavy (non-hydrogen) atoms. The van der Waals surface area contributed by atoms with Crippen LogP contribution in [0.5, 0.6) is 5.75 Å². The molecule has 1 unspecified atom stereocenters. The van der Waals surface area contributed by atoms with Gasteiger partial charge in [0.05, 0.1) is 0 Å². The van der Waals surface area contributed by atoms with Gasteiger partial charge in [-0.15, -0.1) is 11.6 Å². The number of alkyl halides is 1. The standard InChI is InChI=1S/C11H13ClO4/c12-5-1-2-7-6-8(13)3-4-9(7)10(14)11(15)16/h3-4,6,10,13-14H,1-2,5H2,(H,15,16). The summed E-state index contributed by atoms with van der Waals surface area (Å²) in [5, 5.41) is 27.5. The largest absolute Gasteiger partial charge is 0.508 e. The Balaban J connectivity index is 3.01. The molecule has 1 aromatic carbocycles. The first-order valence-corrected chi connectivity index (χ1v) is 5.38. The third-order valence-corrected chi connectivity index (χ3v) is 2.50. The normalized spacial score (nSPS) is 12.4. The van der Waals surface area contributed by atoms with E-state index >= 15 is 0 Å². The van der Waals surface area contributed by atoms with E-state index in [0.29, 0.717) is 29.8 Å². The molecule has 0 aliphatic heterocycles. The highest BCUT2D eigenvalue weighted by Crippen LogP contribution is 2.24. The van der Waals surface area contributed by atoms with Gasteiger partial charge in [0.15, 0.2) is 6.10 Å². The van der Waals surface area contributed by atoms with Crippen LogP contribution in [0.3, 0.4) is 0 Å². The fourth-order valence-electron chi connectivity index (χ4n) is 1.47. The molecule has 0 radical (unpaired) electrons. The van der Waals surface area contributed by atoms with Crippen LogP contribution in [0, 0.1) is 0 Å². The van der Waals surface area contributed by atoms with Crippen LogP contribution in [0.15, 0.2) is 18.2 Å². The second kappa shape index (κ2) is 5.72. The Labute approximate surface area is 98.1 Å². The van der Waals surface area contributed by atoms with E-state index in [1.807, 2.05) is 0 Å². The van der Waals surface area contributed by atoms with Crippen molar-refractivity contribution < 1.29 is 20.1 Å². The third-order valence-electron chi connectivity index (χ3n) is 2.23. The van der Waals surface area contributed by atoms with Crippen molar-refractivity contribution in [3.8, 4) is 5.75 Å². The Kier molecular flexibility index (Phi) is 4.58. The lowest BCUT2D eigenvalue weighted by atomic mass is 9.98. The zero-order valence-electron chi connectivity index (χ0n) is 8.56.